The third-order valence-corrected chi connectivity index (χ3v) is 4.57. The van der Waals surface area contributed by atoms with Gasteiger partial charge in [-0.3, -0.25) is 0 Å². The summed E-state index contributed by atoms with van der Waals surface area (Å²) >= 11 is 7.98. The van der Waals surface area contributed by atoms with Crippen molar-refractivity contribution >= 4 is 54.1 Å². The van der Waals surface area contributed by atoms with Crippen LogP contribution in [0.3, 0.4) is 0 Å². The van der Waals surface area contributed by atoms with Crippen LogP contribution in [-0.2, 0) is 0 Å². The minimum absolute atomic E-state index is 0.763. The van der Waals surface area contributed by atoms with Crippen LogP contribution in [0.1, 0.15) is 0 Å². The molecule has 1 nitrogen and oxygen atoms in total. The molecule has 0 aliphatic carbocycles. The second kappa shape index (κ2) is 3.67. The average molecular weight is 270 g/mol. The van der Waals surface area contributed by atoms with Crippen LogP contribution in [0.4, 0.5) is 0 Å². The Balaban J connectivity index is 2.27. The predicted octanol–water partition coefficient (Wildman–Crippen LogP) is 5.26. The summed E-state index contributed by atoms with van der Waals surface area (Å²) in [7, 11) is 0. The third-order valence-electron chi connectivity index (χ3n) is 3.13. The van der Waals surface area contributed by atoms with Gasteiger partial charge in [0.15, 0.2) is 0 Å². The predicted molar refractivity (Wildman–Crippen MR) is 79.6 cm³/mol. The first-order valence-electron chi connectivity index (χ1n) is 5.69. The average Bonchev–Trinajstić information content (AvgIpc) is 2.75. The lowest BCUT2D eigenvalue weighted by molar-refractivity contribution is 1.53. The molecule has 0 spiro atoms. The molecule has 0 aliphatic heterocycles. The molecule has 0 aliphatic rings. The number of halogens is 1. The molecule has 0 amide bonds. The molecule has 0 N–H and O–H groups in total. The lowest BCUT2D eigenvalue weighted by Gasteiger charge is -1.99. The van der Waals surface area contributed by atoms with Gasteiger partial charge < -0.3 is 0 Å². The first kappa shape index (κ1) is 10.3. The largest absolute Gasteiger partial charge is 0.246 e. The van der Waals surface area contributed by atoms with E-state index in [2.05, 4.69) is 30.3 Å². The fourth-order valence-electron chi connectivity index (χ4n) is 2.28. The molecule has 0 atom stereocenters. The van der Waals surface area contributed by atoms with Crippen LogP contribution >= 0.6 is 22.9 Å². The smallest absolute Gasteiger partial charge is 0.0896 e. The van der Waals surface area contributed by atoms with Crippen LogP contribution in [0.5, 0.6) is 0 Å². The molecule has 0 fully saturated rings. The van der Waals surface area contributed by atoms with Crippen molar-refractivity contribution in [1.82, 2.24) is 4.98 Å². The molecule has 0 unspecified atom stereocenters. The van der Waals surface area contributed by atoms with Crippen molar-refractivity contribution in [3.63, 3.8) is 0 Å². The number of benzene rings is 2. The molecule has 0 radical (unpaired) electrons. The second-order valence-corrected chi connectivity index (χ2v) is 5.73. The fourth-order valence-corrected chi connectivity index (χ4v) is 3.59. The van der Waals surface area contributed by atoms with E-state index in [9.17, 15) is 0 Å². The highest BCUT2D eigenvalue weighted by Crippen LogP contribution is 2.35. The first-order chi connectivity index (χ1) is 8.83. The molecule has 3 heteroatoms. The molecule has 0 saturated heterocycles. The van der Waals surface area contributed by atoms with E-state index >= 15 is 0 Å². The van der Waals surface area contributed by atoms with Gasteiger partial charge in [-0.25, -0.2) is 4.98 Å². The lowest BCUT2D eigenvalue weighted by Crippen LogP contribution is -1.80. The topological polar surface area (TPSA) is 12.9 Å². The molecular weight excluding hydrogens is 262 g/mol. The summed E-state index contributed by atoms with van der Waals surface area (Å²) in [5.74, 6) is 0. The Hall–Kier alpha value is -1.64. The Morgan fingerprint density at radius 3 is 2.72 bits per heavy atom. The fraction of sp³-hybridized carbons (Fsp3) is 0. The summed E-state index contributed by atoms with van der Waals surface area (Å²) in [5.41, 5.74) is 2.03. The zero-order valence-electron chi connectivity index (χ0n) is 9.35. The van der Waals surface area contributed by atoms with Gasteiger partial charge in [-0.15, -0.1) is 11.3 Å². The van der Waals surface area contributed by atoms with Crippen molar-refractivity contribution in [3.8, 4) is 0 Å². The van der Waals surface area contributed by atoms with E-state index in [4.69, 9.17) is 16.6 Å². The summed E-state index contributed by atoms with van der Waals surface area (Å²) in [6.45, 7) is 0. The van der Waals surface area contributed by atoms with Crippen LogP contribution < -0.4 is 0 Å². The van der Waals surface area contributed by atoms with Crippen molar-refractivity contribution in [2.24, 2.45) is 0 Å². The van der Waals surface area contributed by atoms with Crippen LogP contribution in [0.2, 0.25) is 5.02 Å². The number of aromatic nitrogens is 1. The molecule has 2 aromatic carbocycles. The van der Waals surface area contributed by atoms with Gasteiger partial charge >= 0.3 is 0 Å². The second-order valence-electron chi connectivity index (χ2n) is 4.24. The lowest BCUT2D eigenvalue weighted by atomic mass is 10.2. The summed E-state index contributed by atoms with van der Waals surface area (Å²) in [4.78, 5) is 4.75. The zero-order chi connectivity index (χ0) is 12.1. The number of thiophene rings is 1. The zero-order valence-corrected chi connectivity index (χ0v) is 10.9. The molecule has 0 saturated carbocycles. The van der Waals surface area contributed by atoms with Crippen LogP contribution in [0.15, 0.2) is 48.5 Å². The first-order valence-corrected chi connectivity index (χ1v) is 6.89. The van der Waals surface area contributed by atoms with Crippen molar-refractivity contribution in [1.29, 1.82) is 0 Å². The van der Waals surface area contributed by atoms with E-state index < -0.39 is 0 Å². The molecule has 4 rings (SSSR count). The van der Waals surface area contributed by atoms with Crippen molar-refractivity contribution in [3.05, 3.63) is 53.6 Å². The Kier molecular flexibility index (Phi) is 2.10. The number of hydrogen-bond donors (Lipinski definition) is 0. The van der Waals surface area contributed by atoms with Crippen LogP contribution in [0, 0.1) is 0 Å². The monoisotopic (exact) mass is 269 g/mol. The third kappa shape index (κ3) is 1.36. The molecule has 2 aromatic heterocycles. The highest BCUT2D eigenvalue weighted by molar-refractivity contribution is 7.25. The number of hydrogen-bond acceptors (Lipinski definition) is 2. The number of pyridine rings is 1. The van der Waals surface area contributed by atoms with E-state index in [1.807, 2.05) is 18.2 Å². The van der Waals surface area contributed by atoms with Gasteiger partial charge in [0.05, 0.1) is 20.8 Å². The van der Waals surface area contributed by atoms with Gasteiger partial charge in [-0.1, -0.05) is 35.9 Å². The van der Waals surface area contributed by atoms with Gasteiger partial charge in [0.2, 0.25) is 0 Å². The van der Waals surface area contributed by atoms with E-state index in [1.165, 1.54) is 14.8 Å². The highest BCUT2D eigenvalue weighted by Gasteiger charge is 2.08. The molecule has 18 heavy (non-hydrogen) atoms. The van der Waals surface area contributed by atoms with Crippen molar-refractivity contribution in [2.75, 3.05) is 0 Å². The maximum Gasteiger partial charge on any atom is 0.0896 e. The Morgan fingerprint density at radius 2 is 1.78 bits per heavy atom. The van der Waals surface area contributed by atoms with Gasteiger partial charge in [-0.05, 0) is 24.3 Å². The normalized spacial score (nSPS) is 11.6. The molecule has 2 heterocycles. The highest BCUT2D eigenvalue weighted by atomic mass is 35.5. The molecule has 0 bridgehead atoms. The molecule has 86 valence electrons. The minimum atomic E-state index is 0.763. The van der Waals surface area contributed by atoms with E-state index in [-0.39, 0.29) is 0 Å². The number of nitrogens with zero attached hydrogens (tertiary/aromatic N) is 1. The summed E-state index contributed by atoms with van der Waals surface area (Å²) in [5, 5.41) is 3.01. The van der Waals surface area contributed by atoms with E-state index in [0.29, 0.717) is 0 Å². The SMILES string of the molecule is Clc1cccc2nc3c(cc12)sc1ccccc13. The van der Waals surface area contributed by atoms with E-state index in [1.54, 1.807) is 11.3 Å². The van der Waals surface area contributed by atoms with E-state index in [0.717, 1.165) is 21.4 Å². The summed E-state index contributed by atoms with van der Waals surface area (Å²) in [6.07, 6.45) is 0. The van der Waals surface area contributed by atoms with Crippen molar-refractivity contribution < 1.29 is 0 Å². The van der Waals surface area contributed by atoms with Crippen molar-refractivity contribution in [2.45, 2.75) is 0 Å². The molecular formula is C15H8ClNS. The van der Waals surface area contributed by atoms with Crippen LogP contribution in [0.25, 0.3) is 31.2 Å². The standard InChI is InChI=1S/C15H8ClNS/c16-11-5-3-6-12-10(11)8-14-15(17-12)9-4-1-2-7-13(9)18-14/h1-8H. The Labute approximate surface area is 113 Å². The number of rotatable bonds is 0. The van der Waals surface area contributed by atoms with Gasteiger partial charge in [0.25, 0.3) is 0 Å². The number of fused-ring (bicyclic) bond motifs is 4. The van der Waals surface area contributed by atoms with Gasteiger partial charge in [0.1, 0.15) is 0 Å². The Bertz CT molecular complexity index is 895. The van der Waals surface area contributed by atoms with Gasteiger partial charge in [0, 0.05) is 15.5 Å². The summed E-state index contributed by atoms with van der Waals surface area (Å²) in [6, 6.07) is 16.4. The maximum atomic E-state index is 6.22. The van der Waals surface area contributed by atoms with Gasteiger partial charge in [-0.2, -0.15) is 0 Å². The summed E-state index contributed by atoms with van der Waals surface area (Å²) < 4.78 is 2.46. The Morgan fingerprint density at radius 1 is 0.889 bits per heavy atom. The maximum absolute atomic E-state index is 6.22. The minimum Gasteiger partial charge on any atom is -0.246 e. The molecule has 4 aromatic rings. The van der Waals surface area contributed by atoms with Crippen LogP contribution in [-0.4, -0.2) is 4.98 Å². The quantitative estimate of drug-likeness (QED) is 0.424.